The number of rotatable bonds is 9. The molecule has 170 valence electrons. The van der Waals surface area contributed by atoms with Gasteiger partial charge >= 0.3 is 0 Å². The lowest BCUT2D eigenvalue weighted by molar-refractivity contribution is -0.113. The van der Waals surface area contributed by atoms with Crippen LogP contribution in [0, 0.1) is 0 Å². The summed E-state index contributed by atoms with van der Waals surface area (Å²) in [6, 6.07) is 11.9. The zero-order chi connectivity index (χ0) is 23.7. The monoisotopic (exact) mass is 497 g/mol. The van der Waals surface area contributed by atoms with E-state index in [-0.39, 0.29) is 12.3 Å². The van der Waals surface area contributed by atoms with Crippen LogP contribution in [0.3, 0.4) is 0 Å². The molecule has 0 saturated carbocycles. The van der Waals surface area contributed by atoms with Crippen LogP contribution in [0.2, 0.25) is 10.0 Å². The first-order valence-electron chi connectivity index (χ1n) is 9.12. The molecule has 2 rings (SSSR count). The average Bonchev–Trinajstić information content (AvgIpc) is 2.71. The second-order valence-corrected chi connectivity index (χ2v) is 9.02. The Morgan fingerprint density at radius 3 is 2.38 bits per heavy atom. The number of oxime groups is 2. The van der Waals surface area contributed by atoms with Gasteiger partial charge in [-0.25, -0.2) is 13.1 Å². The second kappa shape index (κ2) is 11.7. The highest BCUT2D eigenvalue weighted by molar-refractivity contribution is 7.89. The summed E-state index contributed by atoms with van der Waals surface area (Å²) in [5, 5.41) is 8.71. The van der Waals surface area contributed by atoms with Gasteiger partial charge < -0.3 is 9.68 Å². The molecule has 1 N–H and O–H groups in total. The van der Waals surface area contributed by atoms with Gasteiger partial charge in [0.15, 0.2) is 5.71 Å². The first kappa shape index (κ1) is 25.4. The minimum atomic E-state index is -3.79. The van der Waals surface area contributed by atoms with Crippen LogP contribution in [0.15, 0.2) is 58.9 Å². The standard InChI is InChI=1S/C21H21Cl2N3O5S/c1-14(11-12-17-18(22)9-6-10-19(17)23)24-31-13-15-7-4-5-8-16(15)20(25-30-2)21(27)26-32(3,28)29/h4-12H,13H2,1-3H3,(H,26,27)/b12-11+,24-14+,25-20+. The predicted octanol–water partition coefficient (Wildman–Crippen LogP) is 4.03. The van der Waals surface area contributed by atoms with Crippen molar-refractivity contribution in [1.29, 1.82) is 0 Å². The fraction of sp³-hybridized carbons (Fsp3) is 0.190. The lowest BCUT2D eigenvalue weighted by Gasteiger charge is -2.10. The van der Waals surface area contributed by atoms with E-state index in [0.29, 0.717) is 32.4 Å². The van der Waals surface area contributed by atoms with E-state index in [0.717, 1.165) is 6.26 Å². The summed E-state index contributed by atoms with van der Waals surface area (Å²) in [4.78, 5) is 22.5. The Balaban J connectivity index is 2.18. The quantitative estimate of drug-likeness (QED) is 0.415. The van der Waals surface area contributed by atoms with Gasteiger partial charge in [0.25, 0.3) is 5.91 Å². The molecule has 1 amide bonds. The molecule has 11 heteroatoms. The fourth-order valence-electron chi connectivity index (χ4n) is 2.51. The number of carbonyl (C=O) groups is 1. The van der Waals surface area contributed by atoms with Gasteiger partial charge in [-0.1, -0.05) is 69.9 Å². The smallest absolute Gasteiger partial charge is 0.287 e. The van der Waals surface area contributed by atoms with Gasteiger partial charge in [0.1, 0.15) is 13.7 Å². The van der Waals surface area contributed by atoms with Crippen LogP contribution in [-0.2, 0) is 31.1 Å². The van der Waals surface area contributed by atoms with Crippen LogP contribution in [0.5, 0.6) is 0 Å². The molecule has 0 aliphatic heterocycles. The van der Waals surface area contributed by atoms with E-state index in [1.54, 1.807) is 61.5 Å². The van der Waals surface area contributed by atoms with Crippen LogP contribution < -0.4 is 4.72 Å². The minimum Gasteiger partial charge on any atom is -0.398 e. The largest absolute Gasteiger partial charge is 0.398 e. The Morgan fingerprint density at radius 1 is 1.09 bits per heavy atom. The molecule has 0 aromatic heterocycles. The number of carbonyl (C=O) groups excluding carboxylic acids is 1. The van der Waals surface area contributed by atoms with E-state index in [4.69, 9.17) is 32.9 Å². The van der Waals surface area contributed by atoms with Crippen LogP contribution in [-0.4, -0.2) is 39.1 Å². The summed E-state index contributed by atoms with van der Waals surface area (Å²) in [6.45, 7) is 1.72. The molecule has 0 unspecified atom stereocenters. The molecule has 0 bridgehead atoms. The van der Waals surface area contributed by atoms with Crippen molar-refractivity contribution < 1.29 is 22.9 Å². The lowest BCUT2D eigenvalue weighted by atomic mass is 10.0. The number of benzene rings is 2. The molecule has 0 fully saturated rings. The summed E-state index contributed by atoms with van der Waals surface area (Å²) in [6.07, 6.45) is 4.28. The number of sulfonamides is 1. The van der Waals surface area contributed by atoms with Crippen molar-refractivity contribution in [2.75, 3.05) is 13.4 Å². The van der Waals surface area contributed by atoms with Crippen molar-refractivity contribution in [2.24, 2.45) is 10.3 Å². The number of hydrogen-bond acceptors (Lipinski definition) is 7. The fourth-order valence-corrected chi connectivity index (χ4v) is 3.46. The molecule has 32 heavy (non-hydrogen) atoms. The molecule has 0 radical (unpaired) electrons. The normalized spacial score (nSPS) is 12.7. The van der Waals surface area contributed by atoms with Crippen LogP contribution in [0.25, 0.3) is 6.08 Å². The number of halogens is 2. The minimum absolute atomic E-state index is 0.0108. The molecule has 0 aliphatic carbocycles. The number of allylic oxidation sites excluding steroid dienone is 1. The Hall–Kier alpha value is -2.88. The van der Waals surface area contributed by atoms with Crippen molar-refractivity contribution in [3.63, 3.8) is 0 Å². The number of nitrogens with zero attached hydrogens (tertiary/aromatic N) is 2. The third-order valence-electron chi connectivity index (χ3n) is 3.87. The topological polar surface area (TPSA) is 106 Å². The summed E-state index contributed by atoms with van der Waals surface area (Å²) >= 11 is 12.3. The van der Waals surface area contributed by atoms with Gasteiger partial charge in [0.05, 0.1) is 12.0 Å². The molecule has 0 heterocycles. The zero-order valence-corrected chi connectivity index (χ0v) is 19.8. The maximum atomic E-state index is 12.4. The molecule has 0 atom stereocenters. The number of nitrogens with one attached hydrogen (secondary N) is 1. The number of hydrogen-bond donors (Lipinski definition) is 1. The van der Waals surface area contributed by atoms with E-state index < -0.39 is 15.9 Å². The highest BCUT2D eigenvalue weighted by Gasteiger charge is 2.21. The highest BCUT2D eigenvalue weighted by atomic mass is 35.5. The third-order valence-corrected chi connectivity index (χ3v) is 5.08. The van der Waals surface area contributed by atoms with Gasteiger partial charge in [-0.05, 0) is 25.1 Å². The number of amides is 1. The zero-order valence-electron chi connectivity index (χ0n) is 17.5. The molecule has 0 aliphatic rings. The SMILES string of the molecule is CO/N=C(/C(=O)NS(C)(=O)=O)c1ccccc1CO/N=C(C)/C=C/c1c(Cl)cccc1Cl. The van der Waals surface area contributed by atoms with Gasteiger partial charge in [-0.3, -0.25) is 4.79 Å². The molecule has 8 nitrogen and oxygen atoms in total. The van der Waals surface area contributed by atoms with Crippen molar-refractivity contribution in [3.8, 4) is 0 Å². The van der Waals surface area contributed by atoms with E-state index >= 15 is 0 Å². The van der Waals surface area contributed by atoms with E-state index in [1.807, 2.05) is 4.72 Å². The van der Waals surface area contributed by atoms with Crippen molar-refractivity contribution in [1.82, 2.24) is 4.72 Å². The molecular formula is C21H21Cl2N3O5S. The third kappa shape index (κ3) is 7.67. The Kier molecular flexibility index (Phi) is 9.25. The van der Waals surface area contributed by atoms with Gasteiger partial charge in [-0.2, -0.15) is 0 Å². The van der Waals surface area contributed by atoms with Crippen LogP contribution in [0.4, 0.5) is 0 Å². The van der Waals surface area contributed by atoms with Crippen molar-refractivity contribution in [2.45, 2.75) is 13.5 Å². The van der Waals surface area contributed by atoms with Crippen LogP contribution in [0.1, 0.15) is 23.6 Å². The van der Waals surface area contributed by atoms with Gasteiger partial charge in [-0.15, -0.1) is 0 Å². The first-order chi connectivity index (χ1) is 15.1. The maximum absolute atomic E-state index is 12.4. The summed E-state index contributed by atoms with van der Waals surface area (Å²) < 4.78 is 24.7. The Labute approximate surface area is 196 Å². The average molecular weight is 498 g/mol. The van der Waals surface area contributed by atoms with E-state index in [2.05, 4.69) is 10.3 Å². The second-order valence-electron chi connectivity index (χ2n) is 6.46. The summed E-state index contributed by atoms with van der Waals surface area (Å²) in [7, 11) is -2.54. The lowest BCUT2D eigenvalue weighted by Crippen LogP contribution is -2.36. The summed E-state index contributed by atoms with van der Waals surface area (Å²) in [5.74, 6) is -0.930. The van der Waals surface area contributed by atoms with Crippen LogP contribution >= 0.6 is 23.2 Å². The van der Waals surface area contributed by atoms with Gasteiger partial charge in [0.2, 0.25) is 10.0 Å². The maximum Gasteiger partial charge on any atom is 0.287 e. The molecule has 2 aromatic rings. The molecule has 0 spiro atoms. The van der Waals surface area contributed by atoms with Crippen molar-refractivity contribution >= 4 is 56.6 Å². The Bertz CT molecular complexity index is 1160. The van der Waals surface area contributed by atoms with E-state index in [9.17, 15) is 13.2 Å². The predicted molar refractivity (Wildman–Crippen MR) is 126 cm³/mol. The van der Waals surface area contributed by atoms with Gasteiger partial charge in [0, 0.05) is 26.7 Å². The van der Waals surface area contributed by atoms with Crippen molar-refractivity contribution in [3.05, 3.63) is 75.3 Å². The van der Waals surface area contributed by atoms with E-state index in [1.165, 1.54) is 7.11 Å². The highest BCUT2D eigenvalue weighted by Crippen LogP contribution is 2.25. The molecule has 2 aromatic carbocycles. The molecule has 0 saturated heterocycles. The molecular weight excluding hydrogens is 477 g/mol. The Morgan fingerprint density at radius 2 is 1.75 bits per heavy atom. The summed E-state index contributed by atoms with van der Waals surface area (Å²) in [5.41, 5.74) is 1.86. The first-order valence-corrected chi connectivity index (χ1v) is 11.8.